The van der Waals surface area contributed by atoms with Crippen LogP contribution in [-0.4, -0.2) is 5.91 Å². The molecule has 0 heterocycles. The van der Waals surface area contributed by atoms with Gasteiger partial charge in [-0.25, -0.2) is 8.78 Å². The summed E-state index contributed by atoms with van der Waals surface area (Å²) in [5.41, 5.74) is 1.00. The Morgan fingerprint density at radius 2 is 1.90 bits per heavy atom. The highest BCUT2D eigenvalue weighted by Gasteiger charge is 2.13. The van der Waals surface area contributed by atoms with Crippen molar-refractivity contribution in [1.29, 1.82) is 0 Å². The number of carbonyl (C=O) groups is 1. The van der Waals surface area contributed by atoms with Crippen molar-refractivity contribution in [2.45, 2.75) is 13.0 Å². The molecule has 0 aliphatic rings. The Balaban J connectivity index is 2.13. The van der Waals surface area contributed by atoms with E-state index in [-0.39, 0.29) is 5.91 Å². The molecule has 0 saturated heterocycles. The minimum Gasteiger partial charge on any atom is -0.346 e. The van der Waals surface area contributed by atoms with Gasteiger partial charge in [0.1, 0.15) is 0 Å². The molecule has 20 heavy (non-hydrogen) atoms. The van der Waals surface area contributed by atoms with Crippen molar-refractivity contribution in [3.63, 3.8) is 0 Å². The Morgan fingerprint density at radius 3 is 2.55 bits per heavy atom. The van der Waals surface area contributed by atoms with Crippen molar-refractivity contribution in [2.24, 2.45) is 0 Å². The molecular formula is C15H12BrF2NO. The van der Waals surface area contributed by atoms with Gasteiger partial charge in [0, 0.05) is 10.0 Å². The summed E-state index contributed by atoms with van der Waals surface area (Å²) in [5, 5.41) is 2.74. The summed E-state index contributed by atoms with van der Waals surface area (Å²) in [4.78, 5) is 12.0. The fourth-order valence-electron chi connectivity index (χ4n) is 1.77. The summed E-state index contributed by atoms with van der Waals surface area (Å²) in [6.07, 6.45) is 0. The molecule has 0 spiro atoms. The lowest BCUT2D eigenvalue weighted by molar-refractivity contribution is 0.0939. The highest BCUT2D eigenvalue weighted by molar-refractivity contribution is 9.10. The van der Waals surface area contributed by atoms with Crippen LogP contribution in [0.3, 0.4) is 0 Å². The summed E-state index contributed by atoms with van der Waals surface area (Å²) in [7, 11) is 0. The normalized spacial score (nSPS) is 12.0. The zero-order chi connectivity index (χ0) is 14.7. The molecule has 2 aromatic rings. The molecule has 1 N–H and O–H groups in total. The van der Waals surface area contributed by atoms with E-state index in [2.05, 4.69) is 21.2 Å². The van der Waals surface area contributed by atoms with Crippen molar-refractivity contribution < 1.29 is 13.6 Å². The molecule has 0 aliphatic heterocycles. The maximum atomic E-state index is 13.2. The van der Waals surface area contributed by atoms with E-state index in [1.165, 1.54) is 6.07 Å². The van der Waals surface area contributed by atoms with Crippen LogP contribution in [0.15, 0.2) is 46.9 Å². The molecule has 104 valence electrons. The first-order valence-corrected chi connectivity index (χ1v) is 6.78. The van der Waals surface area contributed by atoms with Crippen LogP contribution in [0.1, 0.15) is 28.9 Å². The number of hydrogen-bond donors (Lipinski definition) is 1. The van der Waals surface area contributed by atoms with E-state index in [0.29, 0.717) is 11.1 Å². The Labute approximate surface area is 123 Å². The molecule has 1 amide bonds. The summed E-state index contributed by atoms with van der Waals surface area (Å²) in [6.45, 7) is 1.71. The van der Waals surface area contributed by atoms with Gasteiger partial charge in [-0.2, -0.15) is 0 Å². The average Bonchev–Trinajstić information content (AvgIpc) is 2.41. The van der Waals surface area contributed by atoms with Crippen molar-refractivity contribution in [2.75, 3.05) is 0 Å². The lowest BCUT2D eigenvalue weighted by Crippen LogP contribution is -2.26. The van der Waals surface area contributed by atoms with Gasteiger partial charge in [0.05, 0.1) is 6.04 Å². The molecule has 0 radical (unpaired) electrons. The van der Waals surface area contributed by atoms with Gasteiger partial charge in [0.15, 0.2) is 11.6 Å². The number of hydrogen-bond acceptors (Lipinski definition) is 1. The number of carbonyl (C=O) groups excluding carboxylic acids is 1. The second kappa shape index (κ2) is 6.13. The highest BCUT2D eigenvalue weighted by Crippen LogP contribution is 2.17. The molecule has 5 heteroatoms. The smallest absolute Gasteiger partial charge is 0.251 e. The van der Waals surface area contributed by atoms with Crippen molar-refractivity contribution in [1.82, 2.24) is 5.32 Å². The standard InChI is InChI=1S/C15H12BrF2NO/c1-9(10-5-6-13(17)14(18)8-10)19-15(20)11-3-2-4-12(16)7-11/h2-9H,1H3,(H,19,20). The summed E-state index contributed by atoms with van der Waals surface area (Å²) >= 11 is 3.29. The van der Waals surface area contributed by atoms with Gasteiger partial charge >= 0.3 is 0 Å². The largest absolute Gasteiger partial charge is 0.346 e. The number of halogens is 3. The molecule has 2 rings (SSSR count). The van der Waals surface area contributed by atoms with Gasteiger partial charge in [-0.1, -0.05) is 28.1 Å². The van der Waals surface area contributed by atoms with E-state index in [1.807, 2.05) is 6.07 Å². The molecule has 0 aliphatic carbocycles. The van der Waals surface area contributed by atoms with E-state index in [0.717, 1.165) is 16.6 Å². The second-order valence-electron chi connectivity index (χ2n) is 4.38. The van der Waals surface area contributed by atoms with Crippen LogP contribution < -0.4 is 5.32 Å². The fourth-order valence-corrected chi connectivity index (χ4v) is 2.17. The third-order valence-electron chi connectivity index (χ3n) is 2.88. The summed E-state index contributed by atoms with van der Waals surface area (Å²) in [6, 6.07) is 10.1. The highest BCUT2D eigenvalue weighted by atomic mass is 79.9. The third-order valence-corrected chi connectivity index (χ3v) is 3.37. The Hall–Kier alpha value is -1.75. The Bertz CT molecular complexity index is 646. The van der Waals surface area contributed by atoms with Crippen LogP contribution in [0.25, 0.3) is 0 Å². The van der Waals surface area contributed by atoms with E-state index in [1.54, 1.807) is 25.1 Å². The van der Waals surface area contributed by atoms with Crippen LogP contribution in [0.4, 0.5) is 8.78 Å². The Kier molecular flexibility index (Phi) is 4.49. The third kappa shape index (κ3) is 3.42. The zero-order valence-corrected chi connectivity index (χ0v) is 12.2. The molecule has 1 unspecified atom stereocenters. The van der Waals surface area contributed by atoms with E-state index < -0.39 is 17.7 Å². The van der Waals surface area contributed by atoms with Gasteiger partial charge in [-0.15, -0.1) is 0 Å². The molecule has 0 fully saturated rings. The van der Waals surface area contributed by atoms with E-state index >= 15 is 0 Å². The second-order valence-corrected chi connectivity index (χ2v) is 5.29. The van der Waals surface area contributed by atoms with E-state index in [4.69, 9.17) is 0 Å². The molecule has 2 aromatic carbocycles. The molecule has 0 bridgehead atoms. The maximum Gasteiger partial charge on any atom is 0.251 e. The van der Waals surface area contributed by atoms with Crippen molar-refractivity contribution in [3.8, 4) is 0 Å². The van der Waals surface area contributed by atoms with Gasteiger partial charge in [-0.3, -0.25) is 4.79 Å². The van der Waals surface area contributed by atoms with Gasteiger partial charge in [-0.05, 0) is 42.8 Å². The van der Waals surface area contributed by atoms with Crippen LogP contribution in [0, 0.1) is 11.6 Å². The van der Waals surface area contributed by atoms with E-state index in [9.17, 15) is 13.6 Å². The molecule has 0 saturated carbocycles. The van der Waals surface area contributed by atoms with Crippen LogP contribution >= 0.6 is 15.9 Å². The lowest BCUT2D eigenvalue weighted by Gasteiger charge is -2.14. The van der Waals surface area contributed by atoms with Gasteiger partial charge in [0.25, 0.3) is 5.91 Å². The van der Waals surface area contributed by atoms with Gasteiger partial charge in [0.2, 0.25) is 0 Å². The fraction of sp³-hybridized carbons (Fsp3) is 0.133. The topological polar surface area (TPSA) is 29.1 Å². The minimum atomic E-state index is -0.925. The molecule has 2 nitrogen and oxygen atoms in total. The maximum absolute atomic E-state index is 13.2. The number of amides is 1. The first-order chi connectivity index (χ1) is 9.47. The predicted molar refractivity (Wildman–Crippen MR) is 76.4 cm³/mol. The minimum absolute atomic E-state index is 0.275. The molecule has 1 atom stereocenters. The SMILES string of the molecule is CC(NC(=O)c1cccc(Br)c1)c1ccc(F)c(F)c1. The lowest BCUT2D eigenvalue weighted by atomic mass is 10.1. The Morgan fingerprint density at radius 1 is 1.15 bits per heavy atom. The molecule has 0 aromatic heterocycles. The van der Waals surface area contributed by atoms with Crippen molar-refractivity contribution in [3.05, 3.63) is 69.7 Å². The summed E-state index contributed by atoms with van der Waals surface area (Å²) in [5.74, 6) is -2.10. The first-order valence-electron chi connectivity index (χ1n) is 5.99. The number of nitrogens with one attached hydrogen (secondary N) is 1. The van der Waals surface area contributed by atoms with Crippen LogP contribution in [0.2, 0.25) is 0 Å². The summed E-state index contributed by atoms with van der Waals surface area (Å²) < 4.78 is 26.8. The van der Waals surface area contributed by atoms with Crippen molar-refractivity contribution >= 4 is 21.8 Å². The van der Waals surface area contributed by atoms with Crippen LogP contribution in [-0.2, 0) is 0 Å². The zero-order valence-electron chi connectivity index (χ0n) is 10.7. The number of benzene rings is 2. The van der Waals surface area contributed by atoms with Gasteiger partial charge < -0.3 is 5.32 Å². The molecular weight excluding hydrogens is 328 g/mol. The quantitative estimate of drug-likeness (QED) is 0.891. The first kappa shape index (κ1) is 14.7. The monoisotopic (exact) mass is 339 g/mol. The predicted octanol–water partition coefficient (Wildman–Crippen LogP) is 4.22. The van der Waals surface area contributed by atoms with Crippen LogP contribution in [0.5, 0.6) is 0 Å². The number of rotatable bonds is 3. The average molecular weight is 340 g/mol.